The van der Waals surface area contributed by atoms with Crippen LogP contribution in [0.2, 0.25) is 0 Å². The van der Waals surface area contributed by atoms with E-state index in [0.717, 1.165) is 10.1 Å². The molecule has 1 aromatic carbocycles. The molecule has 126 valence electrons. The van der Waals surface area contributed by atoms with Crippen molar-refractivity contribution in [2.24, 2.45) is 0 Å². The normalized spacial score (nSPS) is 11.9. The summed E-state index contributed by atoms with van der Waals surface area (Å²) in [6, 6.07) is 9.26. The van der Waals surface area contributed by atoms with E-state index < -0.39 is 12.6 Å². The van der Waals surface area contributed by atoms with E-state index in [1.165, 1.54) is 11.1 Å². The molecule has 0 aliphatic rings. The zero-order valence-corrected chi connectivity index (χ0v) is 13.2. The molecule has 1 N–H and O–H groups in total. The van der Waals surface area contributed by atoms with E-state index in [9.17, 15) is 13.2 Å². The third kappa shape index (κ3) is 3.47. The number of hydrogen-bond donors (Lipinski definition) is 1. The monoisotopic (exact) mass is 335 g/mol. The van der Waals surface area contributed by atoms with Gasteiger partial charge in [-0.25, -0.2) is 0 Å². The highest BCUT2D eigenvalue weighted by Crippen LogP contribution is 2.21. The first kappa shape index (κ1) is 16.2. The Kier molecular flexibility index (Phi) is 4.13. The Balaban J connectivity index is 1.82. The van der Waals surface area contributed by atoms with E-state index in [2.05, 4.69) is 20.6 Å². The van der Waals surface area contributed by atoms with Crippen molar-refractivity contribution < 1.29 is 13.2 Å². The van der Waals surface area contributed by atoms with E-state index in [1.54, 1.807) is 12.1 Å². The highest BCUT2D eigenvalue weighted by atomic mass is 19.4. The summed E-state index contributed by atoms with van der Waals surface area (Å²) in [5.74, 6) is 0.236. The third-order valence-corrected chi connectivity index (χ3v) is 3.86. The van der Waals surface area contributed by atoms with Crippen molar-refractivity contribution in [3.63, 3.8) is 0 Å². The molecule has 0 aliphatic heterocycles. The molecular formula is C16H16F3N5. The van der Waals surface area contributed by atoms with Gasteiger partial charge in [0.05, 0.1) is 0 Å². The first-order chi connectivity index (χ1) is 11.3. The second kappa shape index (κ2) is 6.10. The maximum absolute atomic E-state index is 12.6. The van der Waals surface area contributed by atoms with Crippen LogP contribution in [0.4, 0.5) is 19.0 Å². The van der Waals surface area contributed by atoms with Gasteiger partial charge in [-0.15, -0.1) is 15.3 Å². The summed E-state index contributed by atoms with van der Waals surface area (Å²) in [5, 5.41) is 14.6. The molecule has 0 aliphatic carbocycles. The number of nitrogens with zero attached hydrogens (tertiary/aromatic N) is 4. The highest BCUT2D eigenvalue weighted by Gasteiger charge is 2.30. The van der Waals surface area contributed by atoms with E-state index in [0.29, 0.717) is 12.4 Å². The van der Waals surface area contributed by atoms with Crippen LogP contribution >= 0.6 is 0 Å². The van der Waals surface area contributed by atoms with Crippen LogP contribution in [0.15, 0.2) is 30.3 Å². The van der Waals surface area contributed by atoms with Crippen molar-refractivity contribution in [1.82, 2.24) is 19.8 Å². The molecule has 3 aromatic rings. The van der Waals surface area contributed by atoms with Gasteiger partial charge in [0.1, 0.15) is 12.2 Å². The lowest BCUT2D eigenvalue weighted by molar-refractivity contribution is -0.128. The minimum Gasteiger partial charge on any atom is -0.365 e. The predicted octanol–water partition coefficient (Wildman–Crippen LogP) is 3.46. The SMILES string of the molecule is Cc1cccc(CNc2ccc3nnc(CC(F)(F)F)n3n2)c1C. The molecule has 3 rings (SSSR count). The smallest absolute Gasteiger partial charge is 0.365 e. The molecule has 2 aromatic heterocycles. The molecule has 0 unspecified atom stereocenters. The topological polar surface area (TPSA) is 55.1 Å². The van der Waals surface area contributed by atoms with Crippen LogP contribution in [0.3, 0.4) is 0 Å². The maximum atomic E-state index is 12.6. The minimum atomic E-state index is -4.35. The van der Waals surface area contributed by atoms with Gasteiger partial charge in [0.15, 0.2) is 11.5 Å². The van der Waals surface area contributed by atoms with Crippen molar-refractivity contribution in [2.75, 3.05) is 5.32 Å². The van der Waals surface area contributed by atoms with Crippen molar-refractivity contribution in [3.05, 3.63) is 52.8 Å². The number of aryl methyl sites for hydroxylation is 1. The van der Waals surface area contributed by atoms with Crippen LogP contribution in [0.1, 0.15) is 22.5 Å². The second-order valence-corrected chi connectivity index (χ2v) is 5.61. The van der Waals surface area contributed by atoms with Crippen molar-refractivity contribution >= 4 is 11.5 Å². The van der Waals surface area contributed by atoms with Gasteiger partial charge in [-0.1, -0.05) is 18.2 Å². The van der Waals surface area contributed by atoms with Crippen LogP contribution in [0.5, 0.6) is 0 Å². The number of anilines is 1. The number of hydrogen-bond acceptors (Lipinski definition) is 4. The predicted molar refractivity (Wildman–Crippen MR) is 83.8 cm³/mol. The zero-order chi connectivity index (χ0) is 17.3. The molecule has 0 saturated heterocycles. The van der Waals surface area contributed by atoms with Crippen LogP contribution in [0.25, 0.3) is 5.65 Å². The largest absolute Gasteiger partial charge is 0.396 e. The number of alkyl halides is 3. The molecule has 0 saturated carbocycles. The van der Waals surface area contributed by atoms with Crippen LogP contribution in [-0.2, 0) is 13.0 Å². The lowest BCUT2D eigenvalue weighted by atomic mass is 10.0. The summed E-state index contributed by atoms with van der Waals surface area (Å²) in [6.45, 7) is 4.59. The molecule has 0 atom stereocenters. The lowest BCUT2D eigenvalue weighted by Gasteiger charge is -2.10. The molecule has 0 radical (unpaired) electrons. The number of halogens is 3. The van der Waals surface area contributed by atoms with E-state index in [1.807, 2.05) is 32.0 Å². The fourth-order valence-electron chi connectivity index (χ4n) is 2.41. The molecular weight excluding hydrogens is 319 g/mol. The van der Waals surface area contributed by atoms with Gasteiger partial charge in [-0.3, -0.25) is 0 Å². The summed E-state index contributed by atoms with van der Waals surface area (Å²) in [7, 11) is 0. The zero-order valence-electron chi connectivity index (χ0n) is 13.2. The average Bonchev–Trinajstić information content (AvgIpc) is 2.89. The summed E-state index contributed by atoms with van der Waals surface area (Å²) in [4.78, 5) is 0. The minimum absolute atomic E-state index is 0.229. The average molecular weight is 335 g/mol. The Hall–Kier alpha value is -2.64. The molecule has 5 nitrogen and oxygen atoms in total. The van der Waals surface area contributed by atoms with Crippen LogP contribution in [-0.4, -0.2) is 26.0 Å². The van der Waals surface area contributed by atoms with Gasteiger partial charge in [0, 0.05) is 6.54 Å². The van der Waals surface area contributed by atoms with Crippen LogP contribution < -0.4 is 5.32 Å². The molecule has 0 bridgehead atoms. The van der Waals surface area contributed by atoms with Gasteiger partial charge in [-0.2, -0.15) is 17.7 Å². The number of nitrogens with one attached hydrogen (secondary N) is 1. The standard InChI is InChI=1S/C16H16F3N5/c1-10-4-3-5-12(11(10)2)9-20-13-6-7-14-21-22-15(24(14)23-13)8-16(17,18)19/h3-7H,8-9H2,1-2H3,(H,20,23). The van der Waals surface area contributed by atoms with E-state index >= 15 is 0 Å². The number of fused-ring (bicyclic) bond motifs is 1. The number of aromatic nitrogens is 4. The fourth-order valence-corrected chi connectivity index (χ4v) is 2.41. The van der Waals surface area contributed by atoms with E-state index in [-0.39, 0.29) is 11.5 Å². The molecule has 0 amide bonds. The Morgan fingerprint density at radius 1 is 1.08 bits per heavy atom. The van der Waals surface area contributed by atoms with Gasteiger partial charge in [0.25, 0.3) is 0 Å². The Morgan fingerprint density at radius 2 is 1.88 bits per heavy atom. The summed E-state index contributed by atoms with van der Waals surface area (Å²) < 4.78 is 38.8. The second-order valence-electron chi connectivity index (χ2n) is 5.61. The maximum Gasteiger partial charge on any atom is 0.396 e. The quantitative estimate of drug-likeness (QED) is 0.793. The molecule has 0 spiro atoms. The molecule has 2 heterocycles. The molecule has 8 heteroatoms. The summed E-state index contributed by atoms with van der Waals surface area (Å²) >= 11 is 0. The first-order valence-electron chi connectivity index (χ1n) is 7.40. The van der Waals surface area contributed by atoms with Crippen molar-refractivity contribution in [3.8, 4) is 0 Å². The Morgan fingerprint density at radius 3 is 2.62 bits per heavy atom. The van der Waals surface area contributed by atoms with Crippen LogP contribution in [0, 0.1) is 13.8 Å². The summed E-state index contributed by atoms with van der Waals surface area (Å²) in [6.07, 6.45) is -5.52. The number of benzene rings is 1. The molecule has 0 fully saturated rings. The van der Waals surface area contributed by atoms with Gasteiger partial charge >= 0.3 is 6.18 Å². The first-order valence-corrected chi connectivity index (χ1v) is 7.40. The third-order valence-electron chi connectivity index (χ3n) is 3.86. The highest BCUT2D eigenvalue weighted by molar-refractivity contribution is 5.45. The fraction of sp³-hybridized carbons (Fsp3) is 0.312. The van der Waals surface area contributed by atoms with Crippen molar-refractivity contribution in [2.45, 2.75) is 33.0 Å². The Labute approximate surface area is 136 Å². The number of rotatable bonds is 4. The van der Waals surface area contributed by atoms with Crippen molar-refractivity contribution in [1.29, 1.82) is 0 Å². The van der Waals surface area contributed by atoms with Gasteiger partial charge in [-0.05, 0) is 42.7 Å². The lowest BCUT2D eigenvalue weighted by Crippen LogP contribution is -2.15. The Bertz CT molecular complexity index is 870. The molecule has 24 heavy (non-hydrogen) atoms. The summed E-state index contributed by atoms with van der Waals surface area (Å²) in [5.41, 5.74) is 3.75. The van der Waals surface area contributed by atoms with Gasteiger partial charge < -0.3 is 5.32 Å². The van der Waals surface area contributed by atoms with Gasteiger partial charge in [0.2, 0.25) is 0 Å². The van der Waals surface area contributed by atoms with E-state index in [4.69, 9.17) is 0 Å².